The first kappa shape index (κ1) is 19.6. The highest BCUT2D eigenvalue weighted by Gasteiger charge is 2.32. The summed E-state index contributed by atoms with van der Waals surface area (Å²) in [5, 5.41) is 6.96. The predicted octanol–water partition coefficient (Wildman–Crippen LogP) is 3.88. The summed E-state index contributed by atoms with van der Waals surface area (Å²) in [6.45, 7) is 3.87. The van der Waals surface area contributed by atoms with Crippen molar-refractivity contribution in [3.8, 4) is 5.82 Å². The fourth-order valence-electron chi connectivity index (χ4n) is 2.93. The Morgan fingerprint density at radius 1 is 1.14 bits per heavy atom. The standard InChI is InChI=1S/C20H19F3N4O/c1-13-11-14(2)27(26-13)18-8-7-16(12-25-18)19(28)24-10-9-15-5-3-4-6-17(15)20(21,22)23/h3-8,11-12H,9-10H2,1-2H3,(H,24,28). The number of nitrogens with one attached hydrogen (secondary N) is 1. The lowest BCUT2D eigenvalue weighted by molar-refractivity contribution is -0.138. The first-order valence-corrected chi connectivity index (χ1v) is 8.68. The molecule has 5 nitrogen and oxygen atoms in total. The fourth-order valence-corrected chi connectivity index (χ4v) is 2.93. The lowest BCUT2D eigenvalue weighted by Gasteiger charge is -2.13. The number of aromatic nitrogens is 3. The molecule has 2 aromatic heterocycles. The SMILES string of the molecule is Cc1cc(C)n(-c2ccc(C(=O)NCCc3ccccc3C(F)(F)F)cn2)n1. The first-order valence-electron chi connectivity index (χ1n) is 8.68. The van der Waals surface area contributed by atoms with E-state index in [0.29, 0.717) is 11.4 Å². The largest absolute Gasteiger partial charge is 0.416 e. The van der Waals surface area contributed by atoms with Gasteiger partial charge in [0.15, 0.2) is 5.82 Å². The second-order valence-corrected chi connectivity index (χ2v) is 6.40. The van der Waals surface area contributed by atoms with Gasteiger partial charge in [-0.15, -0.1) is 0 Å². The van der Waals surface area contributed by atoms with Crippen LogP contribution in [0.1, 0.15) is 32.9 Å². The molecule has 1 amide bonds. The number of hydrogen-bond acceptors (Lipinski definition) is 3. The average molecular weight is 388 g/mol. The molecular formula is C20H19F3N4O. The summed E-state index contributed by atoms with van der Waals surface area (Å²) in [5.41, 5.74) is 1.58. The van der Waals surface area contributed by atoms with E-state index < -0.39 is 17.6 Å². The van der Waals surface area contributed by atoms with E-state index in [9.17, 15) is 18.0 Å². The Labute approximate surface area is 160 Å². The Balaban J connectivity index is 1.63. The molecule has 3 aromatic rings. The van der Waals surface area contributed by atoms with Gasteiger partial charge in [-0.3, -0.25) is 4.79 Å². The van der Waals surface area contributed by atoms with Gasteiger partial charge < -0.3 is 5.32 Å². The molecule has 0 aliphatic carbocycles. The van der Waals surface area contributed by atoms with Crippen LogP contribution in [-0.2, 0) is 12.6 Å². The maximum Gasteiger partial charge on any atom is 0.416 e. The van der Waals surface area contributed by atoms with E-state index in [1.54, 1.807) is 22.9 Å². The molecular weight excluding hydrogens is 369 g/mol. The van der Waals surface area contributed by atoms with Crippen LogP contribution < -0.4 is 5.32 Å². The van der Waals surface area contributed by atoms with Gasteiger partial charge in [0, 0.05) is 18.4 Å². The Kier molecular flexibility index (Phi) is 5.48. The third kappa shape index (κ3) is 4.39. The Morgan fingerprint density at radius 2 is 1.89 bits per heavy atom. The van der Waals surface area contributed by atoms with Gasteiger partial charge in [-0.1, -0.05) is 18.2 Å². The summed E-state index contributed by atoms with van der Waals surface area (Å²) in [6.07, 6.45) is -2.91. The lowest BCUT2D eigenvalue weighted by atomic mass is 10.0. The Bertz CT molecular complexity index is 978. The summed E-state index contributed by atoms with van der Waals surface area (Å²) < 4.78 is 40.7. The topological polar surface area (TPSA) is 59.8 Å². The van der Waals surface area contributed by atoms with Crippen molar-refractivity contribution in [1.82, 2.24) is 20.1 Å². The van der Waals surface area contributed by atoms with E-state index in [2.05, 4.69) is 15.4 Å². The number of pyridine rings is 1. The number of rotatable bonds is 5. The van der Waals surface area contributed by atoms with E-state index in [4.69, 9.17) is 0 Å². The van der Waals surface area contributed by atoms with Gasteiger partial charge in [0.05, 0.1) is 16.8 Å². The van der Waals surface area contributed by atoms with Crippen molar-refractivity contribution in [3.63, 3.8) is 0 Å². The molecule has 1 N–H and O–H groups in total. The van der Waals surface area contributed by atoms with Crippen molar-refractivity contribution in [3.05, 3.63) is 76.7 Å². The zero-order valence-electron chi connectivity index (χ0n) is 15.4. The summed E-state index contributed by atoms with van der Waals surface area (Å²) in [4.78, 5) is 16.5. The van der Waals surface area contributed by atoms with Crippen molar-refractivity contribution in [2.75, 3.05) is 6.54 Å². The van der Waals surface area contributed by atoms with E-state index >= 15 is 0 Å². The monoisotopic (exact) mass is 388 g/mol. The molecule has 0 aliphatic heterocycles. The van der Waals surface area contributed by atoms with Crippen LogP contribution in [0.4, 0.5) is 13.2 Å². The van der Waals surface area contributed by atoms with Crippen LogP contribution >= 0.6 is 0 Å². The number of alkyl halides is 3. The smallest absolute Gasteiger partial charge is 0.352 e. The molecule has 8 heteroatoms. The third-order valence-corrected chi connectivity index (χ3v) is 4.24. The molecule has 0 aliphatic rings. The molecule has 0 radical (unpaired) electrons. The van der Waals surface area contributed by atoms with Gasteiger partial charge >= 0.3 is 6.18 Å². The van der Waals surface area contributed by atoms with Crippen LogP contribution in [0, 0.1) is 13.8 Å². The highest BCUT2D eigenvalue weighted by molar-refractivity contribution is 5.93. The fraction of sp³-hybridized carbons (Fsp3) is 0.250. The van der Waals surface area contributed by atoms with Gasteiger partial charge in [-0.05, 0) is 50.1 Å². The van der Waals surface area contributed by atoms with Gasteiger partial charge in [0.2, 0.25) is 0 Å². The lowest BCUT2D eigenvalue weighted by Crippen LogP contribution is -2.26. The van der Waals surface area contributed by atoms with Gasteiger partial charge in [-0.25, -0.2) is 9.67 Å². The van der Waals surface area contributed by atoms with Crippen LogP contribution in [0.5, 0.6) is 0 Å². The highest BCUT2D eigenvalue weighted by atomic mass is 19.4. The van der Waals surface area contributed by atoms with Crippen LogP contribution in [0.2, 0.25) is 0 Å². The quantitative estimate of drug-likeness (QED) is 0.722. The number of benzene rings is 1. The van der Waals surface area contributed by atoms with E-state index in [0.717, 1.165) is 17.5 Å². The van der Waals surface area contributed by atoms with E-state index in [1.807, 2.05) is 19.9 Å². The van der Waals surface area contributed by atoms with Crippen molar-refractivity contribution < 1.29 is 18.0 Å². The molecule has 0 bridgehead atoms. The maximum atomic E-state index is 13.0. The molecule has 0 saturated carbocycles. The van der Waals surface area contributed by atoms with Gasteiger partial charge in [0.1, 0.15) is 0 Å². The molecule has 0 fully saturated rings. The van der Waals surface area contributed by atoms with E-state index in [1.165, 1.54) is 18.3 Å². The highest BCUT2D eigenvalue weighted by Crippen LogP contribution is 2.31. The van der Waals surface area contributed by atoms with Crippen LogP contribution in [0.15, 0.2) is 48.7 Å². The number of amides is 1. The van der Waals surface area contributed by atoms with Gasteiger partial charge in [-0.2, -0.15) is 18.3 Å². The van der Waals surface area contributed by atoms with E-state index in [-0.39, 0.29) is 18.5 Å². The number of halogens is 3. The molecule has 1 aromatic carbocycles. The maximum absolute atomic E-state index is 13.0. The molecule has 0 unspecified atom stereocenters. The number of carbonyl (C=O) groups excluding carboxylic acids is 1. The van der Waals surface area contributed by atoms with Crippen molar-refractivity contribution >= 4 is 5.91 Å². The minimum absolute atomic E-state index is 0.0820. The molecule has 146 valence electrons. The van der Waals surface area contributed by atoms with Crippen molar-refractivity contribution in [2.24, 2.45) is 0 Å². The number of nitrogens with zero attached hydrogens (tertiary/aromatic N) is 3. The third-order valence-electron chi connectivity index (χ3n) is 4.24. The van der Waals surface area contributed by atoms with Crippen LogP contribution in [0.25, 0.3) is 5.82 Å². The molecule has 0 atom stereocenters. The minimum atomic E-state index is -4.41. The summed E-state index contributed by atoms with van der Waals surface area (Å²) in [6, 6.07) is 10.6. The zero-order valence-corrected chi connectivity index (χ0v) is 15.4. The molecule has 0 saturated heterocycles. The number of aryl methyl sites for hydroxylation is 2. The molecule has 0 spiro atoms. The Hall–Kier alpha value is -3.16. The van der Waals surface area contributed by atoms with Crippen LogP contribution in [0.3, 0.4) is 0 Å². The molecule has 28 heavy (non-hydrogen) atoms. The van der Waals surface area contributed by atoms with Gasteiger partial charge in [0.25, 0.3) is 5.91 Å². The summed E-state index contributed by atoms with van der Waals surface area (Å²) in [7, 11) is 0. The predicted molar refractivity (Wildman–Crippen MR) is 98.3 cm³/mol. The number of carbonyl (C=O) groups is 1. The normalized spacial score (nSPS) is 11.5. The Morgan fingerprint density at radius 3 is 2.50 bits per heavy atom. The minimum Gasteiger partial charge on any atom is -0.352 e. The van der Waals surface area contributed by atoms with Crippen molar-refractivity contribution in [1.29, 1.82) is 0 Å². The second-order valence-electron chi connectivity index (χ2n) is 6.40. The summed E-state index contributed by atoms with van der Waals surface area (Å²) in [5.74, 6) is 0.193. The molecule has 3 rings (SSSR count). The first-order chi connectivity index (χ1) is 13.3. The van der Waals surface area contributed by atoms with Crippen LogP contribution in [-0.4, -0.2) is 27.2 Å². The number of hydrogen-bond donors (Lipinski definition) is 1. The second kappa shape index (κ2) is 7.84. The van der Waals surface area contributed by atoms with Crippen molar-refractivity contribution in [2.45, 2.75) is 26.4 Å². The average Bonchev–Trinajstić information content (AvgIpc) is 2.99. The zero-order chi connectivity index (χ0) is 20.3. The summed E-state index contributed by atoms with van der Waals surface area (Å²) >= 11 is 0. The molecule has 2 heterocycles.